The second kappa shape index (κ2) is 13.2. The topological polar surface area (TPSA) is 43.4 Å². The van der Waals surface area contributed by atoms with Crippen LogP contribution in [-0.4, -0.2) is 18.7 Å². The summed E-state index contributed by atoms with van der Waals surface area (Å²) < 4.78 is 7.07. The van der Waals surface area contributed by atoms with Gasteiger partial charge in [0.05, 0.1) is 11.6 Å². The second-order valence-corrected chi connectivity index (χ2v) is 7.10. The number of rotatable bonds is 5. The first-order chi connectivity index (χ1) is 12.3. The van der Waals surface area contributed by atoms with Crippen molar-refractivity contribution < 1.29 is 14.3 Å². The van der Waals surface area contributed by atoms with Crippen molar-refractivity contribution >= 4 is 55.6 Å². The molecule has 3 nitrogen and oxygen atoms in total. The van der Waals surface area contributed by atoms with Crippen LogP contribution in [0.1, 0.15) is 32.4 Å². The van der Waals surface area contributed by atoms with Crippen molar-refractivity contribution in [2.75, 3.05) is 7.11 Å². The Kier molecular flexibility index (Phi) is 12.3. The third-order valence-corrected chi connectivity index (χ3v) is 4.25. The summed E-state index contributed by atoms with van der Waals surface area (Å²) in [7, 11) is 1.61. The summed E-state index contributed by atoms with van der Waals surface area (Å²) in [5, 5.41) is 0. The van der Waals surface area contributed by atoms with Crippen LogP contribution in [0.25, 0.3) is 12.2 Å². The van der Waals surface area contributed by atoms with Gasteiger partial charge in [-0.3, -0.25) is 9.59 Å². The summed E-state index contributed by atoms with van der Waals surface area (Å²) in [6.07, 6.45) is 6.65. The molecule has 0 radical (unpaired) electrons. The van der Waals surface area contributed by atoms with Crippen LogP contribution in [0.4, 0.5) is 0 Å². The zero-order valence-corrected chi connectivity index (χ0v) is 18.0. The molecule has 0 unspecified atom stereocenters. The minimum atomic E-state index is 0. The molecule has 0 spiro atoms. The number of hydrogen-bond donors (Lipinski definition) is 0. The molecule has 2 rings (SSSR count). The second-order valence-electron chi connectivity index (χ2n) is 5.33. The molecule has 2 aromatic carbocycles. The summed E-state index contributed by atoms with van der Waals surface area (Å²) in [6.45, 7) is 3.06. The minimum absolute atomic E-state index is 0. The van der Waals surface area contributed by atoms with Gasteiger partial charge in [0.1, 0.15) is 5.75 Å². The van der Waals surface area contributed by atoms with Crippen LogP contribution in [0.2, 0.25) is 0 Å². The van der Waals surface area contributed by atoms with E-state index in [1.165, 1.54) is 19.9 Å². The molecule has 0 fully saturated rings. The van der Waals surface area contributed by atoms with Crippen molar-refractivity contribution in [1.29, 1.82) is 0 Å². The highest BCUT2D eigenvalue weighted by atomic mass is 79.9. The van der Waals surface area contributed by atoms with Gasteiger partial charge in [0.15, 0.2) is 11.6 Å². The van der Waals surface area contributed by atoms with Crippen LogP contribution in [-0.2, 0) is 9.59 Å². The molecule has 0 aliphatic carbocycles. The maximum atomic E-state index is 10.7. The van der Waals surface area contributed by atoms with Gasteiger partial charge in [-0.1, -0.05) is 53.7 Å². The lowest BCUT2D eigenvalue weighted by Crippen LogP contribution is -1.85. The Bertz CT molecular complexity index is 807. The fourth-order valence-corrected chi connectivity index (χ4v) is 2.45. The maximum Gasteiger partial charge on any atom is 0.152 e. The van der Waals surface area contributed by atoms with Crippen LogP contribution in [0.3, 0.4) is 0 Å². The number of methoxy groups -OCH3 is 1. The Morgan fingerprint density at radius 1 is 0.852 bits per heavy atom. The van der Waals surface area contributed by atoms with Crippen LogP contribution in [0.5, 0.6) is 5.75 Å². The molecule has 5 heteroatoms. The monoisotopic (exact) mass is 494 g/mol. The van der Waals surface area contributed by atoms with Gasteiger partial charge >= 0.3 is 0 Å². The van der Waals surface area contributed by atoms with Gasteiger partial charge in [-0.2, -0.15) is 0 Å². The summed E-state index contributed by atoms with van der Waals surface area (Å²) >= 11 is 6.69. The smallest absolute Gasteiger partial charge is 0.152 e. The predicted octanol–water partition coefficient (Wildman–Crippen LogP) is 6.75. The molecule has 0 aromatic heterocycles. The Morgan fingerprint density at radius 3 is 1.81 bits per heavy atom. The number of hydrogen-bond acceptors (Lipinski definition) is 3. The lowest BCUT2D eigenvalue weighted by Gasteiger charge is -2.03. The van der Waals surface area contributed by atoms with Crippen molar-refractivity contribution in [2.45, 2.75) is 21.3 Å². The molecule has 0 saturated carbocycles. The first-order valence-electron chi connectivity index (χ1n) is 7.78. The molecule has 0 aliphatic heterocycles. The highest BCUT2D eigenvalue weighted by Gasteiger charge is 1.99. The average molecular weight is 496 g/mol. The van der Waals surface area contributed by atoms with Crippen molar-refractivity contribution in [3.05, 3.63) is 74.7 Å². The standard InChI is InChI=1S/C11H11BrO2.C10H9BrO.CH4/c1-8(13)3-4-9-5-6-10(12)11(7-9)14-2;1-8(12)2-3-9-4-6-10(11)7-5-9;/h3-7H,1-2H3;2-7H,1H3;1H4/b4-3+;3-2+;. The van der Waals surface area contributed by atoms with Crippen molar-refractivity contribution in [3.63, 3.8) is 0 Å². The predicted molar refractivity (Wildman–Crippen MR) is 121 cm³/mol. The summed E-state index contributed by atoms with van der Waals surface area (Å²) in [5.74, 6) is 0.862. The number of allylic oxidation sites excluding steroid dienone is 2. The summed E-state index contributed by atoms with van der Waals surface area (Å²) in [5.41, 5.74) is 1.98. The van der Waals surface area contributed by atoms with Crippen molar-refractivity contribution in [3.8, 4) is 5.75 Å². The van der Waals surface area contributed by atoms with Crippen LogP contribution < -0.4 is 4.74 Å². The third kappa shape index (κ3) is 10.7. The molecule has 0 heterocycles. The minimum Gasteiger partial charge on any atom is -0.496 e. The SMILES string of the molecule is C.CC(=O)/C=C/c1ccc(Br)cc1.COc1cc(/C=C/C(C)=O)ccc1Br. The van der Waals surface area contributed by atoms with Crippen molar-refractivity contribution in [2.24, 2.45) is 0 Å². The molecule has 0 atom stereocenters. The normalized spacial score (nSPS) is 10.1. The van der Waals surface area contributed by atoms with E-state index in [0.717, 1.165) is 25.8 Å². The third-order valence-electron chi connectivity index (χ3n) is 3.07. The largest absolute Gasteiger partial charge is 0.496 e. The zero-order chi connectivity index (χ0) is 19.5. The van der Waals surface area contributed by atoms with Gasteiger partial charge < -0.3 is 4.74 Å². The Balaban J connectivity index is 0.000000488. The Hall–Kier alpha value is -1.98. The summed E-state index contributed by atoms with van der Waals surface area (Å²) in [6, 6.07) is 13.4. The molecule has 0 amide bonds. The molecule has 0 aliphatic rings. The van der Waals surface area contributed by atoms with E-state index in [1.807, 2.05) is 42.5 Å². The number of ether oxygens (including phenoxy) is 1. The first kappa shape index (κ1) is 25.0. The van der Waals surface area contributed by atoms with E-state index in [2.05, 4.69) is 31.9 Å². The number of carbonyl (C=O) groups is 2. The van der Waals surface area contributed by atoms with E-state index in [9.17, 15) is 9.59 Å². The fraction of sp³-hybridized carbons (Fsp3) is 0.182. The quantitative estimate of drug-likeness (QED) is 0.431. The van der Waals surface area contributed by atoms with Gasteiger partial charge in [-0.05, 0) is 77.3 Å². The van der Waals surface area contributed by atoms with E-state index < -0.39 is 0 Å². The average Bonchev–Trinajstić information content (AvgIpc) is 2.61. The molecule has 27 heavy (non-hydrogen) atoms. The van der Waals surface area contributed by atoms with E-state index in [0.29, 0.717) is 0 Å². The molecule has 0 saturated heterocycles. The molecular formula is C22H24Br2O3. The Labute approximate surface area is 178 Å². The lowest BCUT2D eigenvalue weighted by molar-refractivity contribution is -0.113. The molecule has 0 bridgehead atoms. The van der Waals surface area contributed by atoms with Gasteiger partial charge in [-0.15, -0.1) is 0 Å². The molecular weight excluding hydrogens is 472 g/mol. The highest BCUT2D eigenvalue weighted by molar-refractivity contribution is 9.10. The van der Waals surface area contributed by atoms with E-state index in [4.69, 9.17) is 4.74 Å². The van der Waals surface area contributed by atoms with Gasteiger partial charge in [0.2, 0.25) is 0 Å². The fourth-order valence-electron chi connectivity index (χ4n) is 1.78. The van der Waals surface area contributed by atoms with Crippen LogP contribution >= 0.6 is 31.9 Å². The molecule has 2 aromatic rings. The van der Waals surface area contributed by atoms with Gasteiger partial charge in [-0.25, -0.2) is 0 Å². The van der Waals surface area contributed by atoms with Gasteiger partial charge in [0, 0.05) is 4.47 Å². The number of carbonyl (C=O) groups excluding carboxylic acids is 2. The van der Waals surface area contributed by atoms with Gasteiger partial charge in [0.25, 0.3) is 0 Å². The molecule has 144 valence electrons. The Morgan fingerprint density at radius 2 is 1.33 bits per heavy atom. The maximum absolute atomic E-state index is 10.7. The van der Waals surface area contributed by atoms with Crippen LogP contribution in [0.15, 0.2) is 63.6 Å². The number of ketones is 2. The first-order valence-corrected chi connectivity index (χ1v) is 9.37. The lowest BCUT2D eigenvalue weighted by atomic mass is 10.2. The highest BCUT2D eigenvalue weighted by Crippen LogP contribution is 2.25. The molecule has 0 N–H and O–H groups in total. The zero-order valence-electron chi connectivity index (χ0n) is 14.8. The van der Waals surface area contributed by atoms with E-state index >= 15 is 0 Å². The number of halogens is 2. The van der Waals surface area contributed by atoms with E-state index in [1.54, 1.807) is 25.3 Å². The van der Waals surface area contributed by atoms with E-state index in [-0.39, 0.29) is 19.0 Å². The van der Waals surface area contributed by atoms with Crippen molar-refractivity contribution in [1.82, 2.24) is 0 Å². The number of benzene rings is 2. The van der Waals surface area contributed by atoms with Crippen LogP contribution in [0, 0.1) is 0 Å². The summed E-state index contributed by atoms with van der Waals surface area (Å²) in [4.78, 5) is 21.3.